The van der Waals surface area contributed by atoms with Crippen LogP contribution in [0.4, 0.5) is 5.69 Å². The van der Waals surface area contributed by atoms with Crippen molar-refractivity contribution in [1.29, 1.82) is 10.5 Å². The summed E-state index contributed by atoms with van der Waals surface area (Å²) in [6.45, 7) is 0. The molecule has 2 rings (SSSR count). The number of rotatable bonds is 6. The number of allylic oxidation sites excluding steroid dienone is 1. The fourth-order valence-electron chi connectivity index (χ4n) is 1.81. The van der Waals surface area contributed by atoms with Gasteiger partial charge in [0.2, 0.25) is 0 Å². The van der Waals surface area contributed by atoms with Gasteiger partial charge < -0.3 is 5.32 Å². The van der Waals surface area contributed by atoms with Crippen LogP contribution in [0.5, 0.6) is 0 Å². The summed E-state index contributed by atoms with van der Waals surface area (Å²) in [5, 5.41) is 22.1. The zero-order valence-corrected chi connectivity index (χ0v) is 14.1. The summed E-state index contributed by atoms with van der Waals surface area (Å²) >= 11 is 6.93. The van der Waals surface area contributed by atoms with Gasteiger partial charge in [0.05, 0.1) is 5.75 Å². The molecular formula is C18H12ClN3OS. The number of nitrogens with zero attached hydrogens (tertiary/aromatic N) is 2. The highest BCUT2D eigenvalue weighted by molar-refractivity contribution is 8.03. The molecule has 0 bridgehead atoms. The first-order valence-electron chi connectivity index (χ1n) is 6.92. The lowest BCUT2D eigenvalue weighted by Gasteiger charge is -2.10. The summed E-state index contributed by atoms with van der Waals surface area (Å²) in [5.74, 6) is -0.0109. The van der Waals surface area contributed by atoms with Gasteiger partial charge in [0, 0.05) is 16.3 Å². The highest BCUT2D eigenvalue weighted by Crippen LogP contribution is 2.24. The van der Waals surface area contributed by atoms with E-state index in [0.29, 0.717) is 15.6 Å². The lowest BCUT2D eigenvalue weighted by Crippen LogP contribution is -2.06. The van der Waals surface area contributed by atoms with Crippen LogP contribution in [-0.4, -0.2) is 11.5 Å². The number of para-hydroxylation sites is 1. The van der Waals surface area contributed by atoms with Crippen molar-refractivity contribution < 1.29 is 4.79 Å². The molecule has 1 N–H and O–H groups in total. The Morgan fingerprint density at radius 2 is 1.67 bits per heavy atom. The van der Waals surface area contributed by atoms with E-state index in [1.165, 1.54) is 0 Å². The molecule has 6 heteroatoms. The molecular weight excluding hydrogens is 342 g/mol. The van der Waals surface area contributed by atoms with E-state index >= 15 is 0 Å². The van der Waals surface area contributed by atoms with Crippen LogP contribution in [-0.2, 0) is 0 Å². The number of thioether (sulfide) groups is 1. The normalized spacial score (nSPS) is 9.46. The van der Waals surface area contributed by atoms with Gasteiger partial charge in [-0.3, -0.25) is 4.79 Å². The molecule has 4 nitrogen and oxygen atoms in total. The summed E-state index contributed by atoms with van der Waals surface area (Å²) in [5.41, 5.74) is 1.20. The third-order valence-corrected chi connectivity index (χ3v) is 4.25. The predicted octanol–water partition coefficient (Wildman–Crippen LogP) is 4.63. The number of anilines is 1. The fourth-order valence-corrected chi connectivity index (χ4v) is 2.80. The highest BCUT2D eigenvalue weighted by atomic mass is 35.5. The maximum absolute atomic E-state index is 12.2. The topological polar surface area (TPSA) is 76.7 Å². The molecule has 0 unspecified atom stereocenters. The van der Waals surface area contributed by atoms with Gasteiger partial charge in [-0.25, -0.2) is 0 Å². The molecule has 0 fully saturated rings. The Bertz CT molecular complexity index is 817. The van der Waals surface area contributed by atoms with Crippen LogP contribution in [0.2, 0.25) is 5.02 Å². The summed E-state index contributed by atoms with van der Waals surface area (Å²) in [7, 11) is 0. The van der Waals surface area contributed by atoms with Gasteiger partial charge in [-0.05, 0) is 36.4 Å². The third-order valence-electron chi connectivity index (χ3n) is 3.00. The summed E-state index contributed by atoms with van der Waals surface area (Å²) in [6, 6.07) is 19.4. The number of ketones is 1. The second-order valence-electron chi connectivity index (χ2n) is 4.64. The second-order valence-corrected chi connectivity index (χ2v) is 6.06. The van der Waals surface area contributed by atoms with E-state index in [-0.39, 0.29) is 17.1 Å². The summed E-state index contributed by atoms with van der Waals surface area (Å²) < 4.78 is 0. The van der Waals surface area contributed by atoms with E-state index < -0.39 is 0 Å². The van der Waals surface area contributed by atoms with Crippen LogP contribution < -0.4 is 5.32 Å². The quantitative estimate of drug-likeness (QED) is 0.605. The average molecular weight is 354 g/mol. The van der Waals surface area contributed by atoms with Gasteiger partial charge in [0.25, 0.3) is 0 Å². The average Bonchev–Trinajstić information content (AvgIpc) is 2.61. The highest BCUT2D eigenvalue weighted by Gasteiger charge is 2.12. The first kappa shape index (κ1) is 17.6. The largest absolute Gasteiger partial charge is 0.349 e. The van der Waals surface area contributed by atoms with Crippen molar-refractivity contribution in [2.75, 3.05) is 11.1 Å². The number of nitriles is 2. The van der Waals surface area contributed by atoms with Gasteiger partial charge in [0.15, 0.2) is 11.4 Å². The SMILES string of the molecule is N#CC(C#N)=C(Nc1ccccc1)SCC(=O)c1ccc(Cl)cc1. The monoisotopic (exact) mass is 353 g/mol. The van der Waals surface area contributed by atoms with Crippen molar-refractivity contribution in [2.24, 2.45) is 0 Å². The minimum absolute atomic E-state index is 0.0623. The maximum atomic E-state index is 12.2. The van der Waals surface area contributed by atoms with Crippen molar-refractivity contribution in [3.63, 3.8) is 0 Å². The Hall–Kier alpha value is -2.73. The molecule has 0 spiro atoms. The van der Waals surface area contributed by atoms with Crippen molar-refractivity contribution in [3.8, 4) is 12.1 Å². The molecule has 0 aliphatic rings. The van der Waals surface area contributed by atoms with Gasteiger partial charge in [-0.1, -0.05) is 41.6 Å². The van der Waals surface area contributed by atoms with E-state index in [2.05, 4.69) is 5.32 Å². The standard InChI is InChI=1S/C18H12ClN3OS/c19-15-8-6-13(7-9-15)17(23)12-24-18(14(10-20)11-21)22-16-4-2-1-3-5-16/h1-9,22H,12H2. The molecule has 24 heavy (non-hydrogen) atoms. The maximum Gasteiger partial charge on any atom is 0.173 e. The van der Waals surface area contributed by atoms with E-state index in [1.54, 1.807) is 24.3 Å². The molecule has 0 saturated carbocycles. The smallest absolute Gasteiger partial charge is 0.173 e. The molecule has 0 aliphatic carbocycles. The van der Waals surface area contributed by atoms with Gasteiger partial charge in [0.1, 0.15) is 17.2 Å². The second kappa shape index (κ2) is 8.79. The Labute approximate surface area is 149 Å². The lowest BCUT2D eigenvalue weighted by atomic mass is 10.1. The molecule has 0 amide bonds. The molecule has 0 heterocycles. The number of carbonyl (C=O) groups is 1. The summed E-state index contributed by atoms with van der Waals surface area (Å²) in [4.78, 5) is 12.2. The predicted molar refractivity (Wildman–Crippen MR) is 96.6 cm³/mol. The number of hydrogen-bond donors (Lipinski definition) is 1. The molecule has 0 aliphatic heterocycles. The number of carbonyl (C=O) groups excluding carboxylic acids is 1. The van der Waals surface area contributed by atoms with Gasteiger partial charge in [-0.15, -0.1) is 0 Å². The molecule has 0 atom stereocenters. The Balaban J connectivity index is 2.13. The molecule has 2 aromatic carbocycles. The molecule has 118 valence electrons. The summed E-state index contributed by atoms with van der Waals surface area (Å²) in [6.07, 6.45) is 0. The number of Topliss-reactive ketones (excluding diaryl/α,β-unsaturated/α-hetero) is 1. The molecule has 0 aromatic heterocycles. The molecule has 0 saturated heterocycles. The Kier molecular flexibility index (Phi) is 6.45. The van der Waals surface area contributed by atoms with Crippen LogP contribution in [0.25, 0.3) is 0 Å². The molecule has 2 aromatic rings. The van der Waals surface area contributed by atoms with E-state index in [1.807, 2.05) is 42.5 Å². The Morgan fingerprint density at radius 3 is 2.25 bits per heavy atom. The van der Waals surface area contributed by atoms with Crippen LogP contribution in [0.1, 0.15) is 10.4 Å². The first-order chi connectivity index (χ1) is 11.6. The van der Waals surface area contributed by atoms with Crippen LogP contribution in [0.3, 0.4) is 0 Å². The third kappa shape index (κ3) is 4.89. The zero-order chi connectivity index (χ0) is 17.4. The number of nitrogens with one attached hydrogen (secondary N) is 1. The van der Waals surface area contributed by atoms with Crippen molar-refractivity contribution in [1.82, 2.24) is 0 Å². The lowest BCUT2D eigenvalue weighted by molar-refractivity contribution is 0.102. The number of hydrogen-bond acceptors (Lipinski definition) is 5. The van der Waals surface area contributed by atoms with E-state index in [4.69, 9.17) is 22.1 Å². The van der Waals surface area contributed by atoms with E-state index in [9.17, 15) is 4.79 Å². The zero-order valence-electron chi connectivity index (χ0n) is 12.5. The van der Waals surface area contributed by atoms with Gasteiger partial charge >= 0.3 is 0 Å². The van der Waals surface area contributed by atoms with Crippen molar-refractivity contribution >= 4 is 34.8 Å². The fraction of sp³-hybridized carbons (Fsp3) is 0.0556. The molecule has 0 radical (unpaired) electrons. The van der Waals surface area contributed by atoms with Crippen LogP contribution in [0.15, 0.2) is 65.2 Å². The number of halogens is 1. The van der Waals surface area contributed by atoms with Gasteiger partial charge in [-0.2, -0.15) is 10.5 Å². The van der Waals surface area contributed by atoms with Crippen LogP contribution >= 0.6 is 23.4 Å². The minimum Gasteiger partial charge on any atom is -0.349 e. The van der Waals surface area contributed by atoms with Crippen molar-refractivity contribution in [2.45, 2.75) is 0 Å². The minimum atomic E-state index is -0.112. The van der Waals surface area contributed by atoms with Crippen LogP contribution in [0, 0.1) is 22.7 Å². The first-order valence-corrected chi connectivity index (χ1v) is 8.28. The van der Waals surface area contributed by atoms with Crippen molar-refractivity contribution in [3.05, 3.63) is 75.8 Å². The Morgan fingerprint density at radius 1 is 1.04 bits per heavy atom. The van der Waals surface area contributed by atoms with E-state index in [0.717, 1.165) is 17.4 Å². The number of benzene rings is 2.